The zero-order chi connectivity index (χ0) is 12.8. The standard InChI is InChI=1S/C15H21NO2/c1-12(14-8-3-4-9-15(14)17-2)16-11-13-7-5-6-10-18-13/h3-4,6,8-10,12-13,16H,5,7,11H2,1-2H3/t12-,13?/m0/s1. The predicted octanol–water partition coefficient (Wildman–Crippen LogP) is 3.04. The van der Waals surface area contributed by atoms with Crippen molar-refractivity contribution in [3.8, 4) is 5.75 Å². The first-order valence-corrected chi connectivity index (χ1v) is 6.48. The summed E-state index contributed by atoms with van der Waals surface area (Å²) in [6.45, 7) is 3.01. The molecule has 0 fully saturated rings. The van der Waals surface area contributed by atoms with Crippen molar-refractivity contribution in [2.45, 2.75) is 31.9 Å². The van der Waals surface area contributed by atoms with Crippen molar-refractivity contribution in [1.82, 2.24) is 5.32 Å². The van der Waals surface area contributed by atoms with Crippen LogP contribution in [-0.2, 0) is 4.74 Å². The molecule has 2 atom stereocenters. The number of para-hydroxylation sites is 1. The molecule has 3 heteroatoms. The van der Waals surface area contributed by atoms with E-state index < -0.39 is 0 Å². The van der Waals surface area contributed by atoms with E-state index in [2.05, 4.69) is 24.4 Å². The van der Waals surface area contributed by atoms with Gasteiger partial charge in [-0.15, -0.1) is 0 Å². The maximum Gasteiger partial charge on any atom is 0.123 e. The van der Waals surface area contributed by atoms with Gasteiger partial charge in [-0.25, -0.2) is 0 Å². The Balaban J connectivity index is 1.90. The van der Waals surface area contributed by atoms with Gasteiger partial charge in [0.2, 0.25) is 0 Å². The van der Waals surface area contributed by atoms with Crippen LogP contribution < -0.4 is 10.1 Å². The highest BCUT2D eigenvalue weighted by Crippen LogP contribution is 2.24. The van der Waals surface area contributed by atoms with E-state index in [9.17, 15) is 0 Å². The number of hydrogen-bond acceptors (Lipinski definition) is 3. The van der Waals surface area contributed by atoms with Gasteiger partial charge in [0.15, 0.2) is 0 Å². The van der Waals surface area contributed by atoms with Crippen molar-refractivity contribution >= 4 is 0 Å². The Bertz CT molecular complexity index is 403. The Kier molecular flexibility index (Phi) is 4.65. The molecule has 1 N–H and O–H groups in total. The zero-order valence-corrected chi connectivity index (χ0v) is 11.1. The summed E-state index contributed by atoms with van der Waals surface area (Å²) in [6, 6.07) is 8.38. The second-order valence-corrected chi connectivity index (χ2v) is 4.58. The number of nitrogens with one attached hydrogen (secondary N) is 1. The smallest absolute Gasteiger partial charge is 0.123 e. The monoisotopic (exact) mass is 247 g/mol. The minimum Gasteiger partial charge on any atom is -0.497 e. The fraction of sp³-hybridized carbons (Fsp3) is 0.467. The van der Waals surface area contributed by atoms with Crippen LogP contribution in [0.1, 0.15) is 31.4 Å². The molecule has 0 bridgehead atoms. The van der Waals surface area contributed by atoms with Crippen LogP contribution >= 0.6 is 0 Å². The van der Waals surface area contributed by atoms with Gasteiger partial charge in [-0.2, -0.15) is 0 Å². The van der Waals surface area contributed by atoms with E-state index in [1.54, 1.807) is 7.11 Å². The van der Waals surface area contributed by atoms with E-state index in [4.69, 9.17) is 9.47 Å². The van der Waals surface area contributed by atoms with Crippen LogP contribution in [0.15, 0.2) is 36.6 Å². The fourth-order valence-corrected chi connectivity index (χ4v) is 2.18. The Morgan fingerprint density at radius 1 is 1.44 bits per heavy atom. The van der Waals surface area contributed by atoms with Crippen LogP contribution in [-0.4, -0.2) is 19.8 Å². The topological polar surface area (TPSA) is 30.5 Å². The number of methoxy groups -OCH3 is 1. The molecule has 98 valence electrons. The highest BCUT2D eigenvalue weighted by Gasteiger charge is 2.14. The Labute approximate surface area is 109 Å². The molecule has 0 aromatic heterocycles. The summed E-state index contributed by atoms with van der Waals surface area (Å²) >= 11 is 0. The van der Waals surface area contributed by atoms with Crippen molar-refractivity contribution in [2.24, 2.45) is 0 Å². The molecule has 1 aliphatic rings. The summed E-state index contributed by atoms with van der Waals surface area (Å²) in [6.07, 6.45) is 6.36. The van der Waals surface area contributed by atoms with E-state index in [1.807, 2.05) is 24.5 Å². The summed E-state index contributed by atoms with van der Waals surface area (Å²) in [5.74, 6) is 0.932. The van der Waals surface area contributed by atoms with Crippen LogP contribution in [0.4, 0.5) is 0 Å². The highest BCUT2D eigenvalue weighted by molar-refractivity contribution is 5.35. The molecule has 0 radical (unpaired) electrons. The van der Waals surface area contributed by atoms with Gasteiger partial charge < -0.3 is 14.8 Å². The summed E-state index contributed by atoms with van der Waals surface area (Å²) in [5.41, 5.74) is 1.19. The third kappa shape index (κ3) is 3.26. The third-order valence-electron chi connectivity index (χ3n) is 3.28. The highest BCUT2D eigenvalue weighted by atomic mass is 16.5. The minimum absolute atomic E-state index is 0.260. The van der Waals surface area contributed by atoms with Crippen LogP contribution in [0.2, 0.25) is 0 Å². The Hall–Kier alpha value is -1.48. The number of benzene rings is 1. The molecule has 1 heterocycles. The molecule has 0 saturated heterocycles. The number of rotatable bonds is 5. The van der Waals surface area contributed by atoms with Crippen LogP contribution in [0.5, 0.6) is 5.75 Å². The molecule has 3 nitrogen and oxygen atoms in total. The molecule has 0 aliphatic carbocycles. The molecular formula is C15H21NO2. The lowest BCUT2D eigenvalue weighted by Gasteiger charge is -2.23. The van der Waals surface area contributed by atoms with Crippen molar-refractivity contribution in [1.29, 1.82) is 0 Å². The molecule has 1 aliphatic heterocycles. The van der Waals surface area contributed by atoms with Crippen molar-refractivity contribution in [2.75, 3.05) is 13.7 Å². The predicted molar refractivity (Wildman–Crippen MR) is 72.7 cm³/mol. The minimum atomic E-state index is 0.260. The first-order chi connectivity index (χ1) is 8.81. The van der Waals surface area contributed by atoms with E-state index in [0.717, 1.165) is 25.1 Å². The summed E-state index contributed by atoms with van der Waals surface area (Å²) in [4.78, 5) is 0. The largest absolute Gasteiger partial charge is 0.497 e. The van der Waals surface area contributed by atoms with Gasteiger partial charge in [-0.3, -0.25) is 0 Å². The Morgan fingerprint density at radius 2 is 2.28 bits per heavy atom. The molecule has 0 saturated carbocycles. The number of hydrogen-bond donors (Lipinski definition) is 1. The lowest BCUT2D eigenvalue weighted by Crippen LogP contribution is -2.31. The molecule has 0 spiro atoms. The maximum atomic E-state index is 5.55. The van der Waals surface area contributed by atoms with E-state index >= 15 is 0 Å². The fourth-order valence-electron chi connectivity index (χ4n) is 2.18. The van der Waals surface area contributed by atoms with Gasteiger partial charge in [-0.05, 0) is 31.9 Å². The lowest BCUT2D eigenvalue weighted by atomic mass is 10.1. The molecule has 18 heavy (non-hydrogen) atoms. The molecule has 1 aromatic carbocycles. The quantitative estimate of drug-likeness (QED) is 0.867. The van der Waals surface area contributed by atoms with Gasteiger partial charge in [-0.1, -0.05) is 18.2 Å². The summed E-state index contributed by atoms with van der Waals surface area (Å²) < 4.78 is 10.9. The Morgan fingerprint density at radius 3 is 3.00 bits per heavy atom. The van der Waals surface area contributed by atoms with Gasteiger partial charge in [0, 0.05) is 18.2 Å². The summed E-state index contributed by atoms with van der Waals surface area (Å²) in [7, 11) is 1.71. The van der Waals surface area contributed by atoms with Gasteiger partial charge in [0.25, 0.3) is 0 Å². The lowest BCUT2D eigenvalue weighted by molar-refractivity contribution is 0.119. The zero-order valence-electron chi connectivity index (χ0n) is 11.1. The van der Waals surface area contributed by atoms with Crippen LogP contribution in [0.25, 0.3) is 0 Å². The van der Waals surface area contributed by atoms with Crippen LogP contribution in [0, 0.1) is 0 Å². The summed E-state index contributed by atoms with van der Waals surface area (Å²) in [5, 5.41) is 3.50. The number of allylic oxidation sites excluding steroid dienone is 1. The van der Waals surface area contributed by atoms with Gasteiger partial charge in [0.1, 0.15) is 11.9 Å². The van der Waals surface area contributed by atoms with E-state index in [1.165, 1.54) is 5.56 Å². The molecule has 1 unspecified atom stereocenters. The van der Waals surface area contributed by atoms with Crippen molar-refractivity contribution in [3.63, 3.8) is 0 Å². The first-order valence-electron chi connectivity index (χ1n) is 6.48. The van der Waals surface area contributed by atoms with Gasteiger partial charge >= 0.3 is 0 Å². The second-order valence-electron chi connectivity index (χ2n) is 4.58. The number of ether oxygens (including phenoxy) is 2. The molecule has 0 amide bonds. The average molecular weight is 247 g/mol. The van der Waals surface area contributed by atoms with E-state index in [0.29, 0.717) is 0 Å². The van der Waals surface area contributed by atoms with E-state index in [-0.39, 0.29) is 12.1 Å². The average Bonchev–Trinajstić information content (AvgIpc) is 2.45. The maximum absolute atomic E-state index is 5.55. The van der Waals surface area contributed by atoms with Crippen LogP contribution in [0.3, 0.4) is 0 Å². The van der Waals surface area contributed by atoms with Gasteiger partial charge in [0.05, 0.1) is 13.4 Å². The molecular weight excluding hydrogens is 226 g/mol. The third-order valence-corrected chi connectivity index (χ3v) is 3.28. The molecule has 1 aromatic rings. The van der Waals surface area contributed by atoms with Crippen molar-refractivity contribution < 1.29 is 9.47 Å². The normalized spacial score (nSPS) is 20.2. The SMILES string of the molecule is COc1ccccc1[C@H](C)NCC1CCC=CO1. The second kappa shape index (κ2) is 6.45. The van der Waals surface area contributed by atoms with Crippen molar-refractivity contribution in [3.05, 3.63) is 42.2 Å². The first kappa shape index (κ1) is 13.0. The molecule has 2 rings (SSSR count).